The van der Waals surface area contributed by atoms with Gasteiger partial charge in [0.2, 0.25) is 0 Å². The fourth-order valence-corrected chi connectivity index (χ4v) is 2.13. The van der Waals surface area contributed by atoms with Gasteiger partial charge in [-0.3, -0.25) is 4.79 Å². The van der Waals surface area contributed by atoms with E-state index in [2.05, 4.69) is 0 Å². The van der Waals surface area contributed by atoms with Crippen molar-refractivity contribution in [1.29, 1.82) is 0 Å². The van der Waals surface area contributed by atoms with Gasteiger partial charge in [0.05, 0.1) is 11.6 Å². The number of hydrogen-bond acceptors (Lipinski definition) is 3. The largest absolute Gasteiger partial charge is 0.481 e. The van der Waals surface area contributed by atoms with Crippen molar-refractivity contribution in [3.8, 4) is 0 Å². The Kier molecular flexibility index (Phi) is 3.17. The summed E-state index contributed by atoms with van der Waals surface area (Å²) in [6, 6.07) is 4.59. The van der Waals surface area contributed by atoms with Crippen molar-refractivity contribution in [3.63, 3.8) is 0 Å². The van der Waals surface area contributed by atoms with Gasteiger partial charge in [-0.2, -0.15) is 0 Å². The van der Waals surface area contributed by atoms with E-state index in [1.54, 1.807) is 6.07 Å². The Bertz CT molecular complexity index is 437. The predicted octanol–water partition coefficient (Wildman–Crippen LogP) is 1.71. The maximum absolute atomic E-state index is 13.3. The molecule has 3 N–H and O–H groups in total. The second-order valence-electron chi connectivity index (χ2n) is 4.33. The molecular weight excluding hydrogens is 223 g/mol. The van der Waals surface area contributed by atoms with Crippen molar-refractivity contribution in [2.75, 3.05) is 23.7 Å². The molecule has 0 spiro atoms. The van der Waals surface area contributed by atoms with Crippen LogP contribution in [0.15, 0.2) is 18.2 Å². The lowest BCUT2D eigenvalue weighted by molar-refractivity contribution is -0.141. The van der Waals surface area contributed by atoms with Gasteiger partial charge in [0.25, 0.3) is 0 Å². The third kappa shape index (κ3) is 2.49. The Morgan fingerprint density at radius 2 is 2.29 bits per heavy atom. The zero-order chi connectivity index (χ0) is 12.4. The molecule has 1 aromatic rings. The van der Waals surface area contributed by atoms with Crippen LogP contribution in [0.3, 0.4) is 0 Å². The zero-order valence-corrected chi connectivity index (χ0v) is 9.40. The molecule has 1 aliphatic heterocycles. The molecule has 17 heavy (non-hydrogen) atoms. The second-order valence-corrected chi connectivity index (χ2v) is 4.33. The quantitative estimate of drug-likeness (QED) is 0.770. The Labute approximate surface area is 98.8 Å². The van der Waals surface area contributed by atoms with Gasteiger partial charge in [0.15, 0.2) is 0 Å². The molecule has 1 atom stereocenters. The number of anilines is 2. The van der Waals surface area contributed by atoms with Crippen molar-refractivity contribution in [1.82, 2.24) is 0 Å². The molecule has 0 aliphatic carbocycles. The number of benzene rings is 1. The third-order valence-electron chi connectivity index (χ3n) is 3.12. The van der Waals surface area contributed by atoms with E-state index >= 15 is 0 Å². The number of hydrogen-bond donors (Lipinski definition) is 2. The summed E-state index contributed by atoms with van der Waals surface area (Å²) in [5, 5.41) is 8.98. The van der Waals surface area contributed by atoms with Gasteiger partial charge in [0, 0.05) is 18.8 Å². The number of nitrogen functional groups attached to an aromatic ring is 1. The van der Waals surface area contributed by atoms with Gasteiger partial charge in [-0.1, -0.05) is 0 Å². The van der Waals surface area contributed by atoms with Gasteiger partial charge in [0.1, 0.15) is 5.82 Å². The average molecular weight is 238 g/mol. The van der Waals surface area contributed by atoms with Crippen LogP contribution in [0.5, 0.6) is 0 Å². The first-order valence-electron chi connectivity index (χ1n) is 5.60. The number of nitrogens with two attached hydrogens (primary N) is 1. The van der Waals surface area contributed by atoms with Crippen LogP contribution in [-0.4, -0.2) is 24.2 Å². The fourth-order valence-electron chi connectivity index (χ4n) is 2.13. The molecule has 4 nitrogen and oxygen atoms in total. The number of aliphatic carboxylic acids is 1. The van der Waals surface area contributed by atoms with Crippen LogP contribution in [0.2, 0.25) is 0 Å². The van der Waals surface area contributed by atoms with E-state index < -0.39 is 11.8 Å². The highest BCUT2D eigenvalue weighted by Gasteiger charge is 2.25. The zero-order valence-electron chi connectivity index (χ0n) is 9.40. The molecule has 1 fully saturated rings. The minimum Gasteiger partial charge on any atom is -0.481 e. The molecule has 92 valence electrons. The summed E-state index contributed by atoms with van der Waals surface area (Å²) in [5.41, 5.74) is 6.21. The fraction of sp³-hybridized carbons (Fsp3) is 0.417. The molecule has 1 saturated heterocycles. The molecule has 0 amide bonds. The molecule has 0 aromatic heterocycles. The summed E-state index contributed by atoms with van der Waals surface area (Å²) < 4.78 is 13.3. The van der Waals surface area contributed by atoms with Gasteiger partial charge in [-0.05, 0) is 31.0 Å². The van der Waals surface area contributed by atoms with Gasteiger partial charge < -0.3 is 15.7 Å². The molecule has 5 heteroatoms. The van der Waals surface area contributed by atoms with E-state index in [0.29, 0.717) is 18.7 Å². The molecular formula is C12H15FN2O2. The van der Waals surface area contributed by atoms with E-state index in [0.717, 1.165) is 13.0 Å². The Morgan fingerprint density at radius 3 is 2.94 bits per heavy atom. The van der Waals surface area contributed by atoms with Crippen molar-refractivity contribution in [2.24, 2.45) is 5.92 Å². The lowest BCUT2D eigenvalue weighted by Crippen LogP contribution is -2.38. The van der Waals surface area contributed by atoms with Crippen LogP contribution in [0, 0.1) is 11.7 Å². The van der Waals surface area contributed by atoms with E-state index in [4.69, 9.17) is 10.8 Å². The average Bonchev–Trinajstić information content (AvgIpc) is 2.33. The summed E-state index contributed by atoms with van der Waals surface area (Å²) in [6.07, 6.45) is 1.49. The maximum atomic E-state index is 13.3. The molecule has 1 heterocycles. The highest BCUT2D eigenvalue weighted by atomic mass is 19.1. The summed E-state index contributed by atoms with van der Waals surface area (Å²) in [5.74, 6) is -1.62. The SMILES string of the molecule is Nc1ccc(N2CCCC(C(=O)O)C2)cc1F. The van der Waals surface area contributed by atoms with Crippen LogP contribution in [0.4, 0.5) is 15.8 Å². The summed E-state index contributed by atoms with van der Waals surface area (Å²) in [7, 11) is 0. The Balaban J connectivity index is 2.16. The first-order valence-corrected chi connectivity index (χ1v) is 5.60. The summed E-state index contributed by atoms with van der Waals surface area (Å²) in [6.45, 7) is 1.19. The van der Waals surface area contributed by atoms with Gasteiger partial charge >= 0.3 is 5.97 Å². The van der Waals surface area contributed by atoms with Gasteiger partial charge in [-0.25, -0.2) is 4.39 Å². The van der Waals surface area contributed by atoms with Crippen molar-refractivity contribution in [2.45, 2.75) is 12.8 Å². The first kappa shape index (κ1) is 11.7. The molecule has 0 saturated carbocycles. The predicted molar refractivity (Wildman–Crippen MR) is 63.4 cm³/mol. The van der Waals surface area contributed by atoms with Crippen molar-refractivity contribution in [3.05, 3.63) is 24.0 Å². The van der Waals surface area contributed by atoms with Crippen LogP contribution in [-0.2, 0) is 4.79 Å². The van der Waals surface area contributed by atoms with E-state index in [1.807, 2.05) is 4.90 Å². The summed E-state index contributed by atoms with van der Waals surface area (Å²) >= 11 is 0. The van der Waals surface area contributed by atoms with E-state index in [9.17, 15) is 9.18 Å². The highest BCUT2D eigenvalue weighted by molar-refractivity contribution is 5.71. The molecule has 1 unspecified atom stereocenters. The van der Waals surface area contributed by atoms with Crippen LogP contribution < -0.4 is 10.6 Å². The maximum Gasteiger partial charge on any atom is 0.308 e. The van der Waals surface area contributed by atoms with Crippen molar-refractivity contribution < 1.29 is 14.3 Å². The number of carboxylic acid groups (broad SMARTS) is 1. The first-order chi connectivity index (χ1) is 8.08. The molecule has 0 radical (unpaired) electrons. The third-order valence-corrected chi connectivity index (χ3v) is 3.12. The minimum atomic E-state index is -0.786. The molecule has 1 aliphatic rings. The minimum absolute atomic E-state index is 0.112. The number of carboxylic acids is 1. The number of piperidine rings is 1. The van der Waals surface area contributed by atoms with Crippen LogP contribution in [0.1, 0.15) is 12.8 Å². The number of rotatable bonds is 2. The van der Waals surface area contributed by atoms with Crippen LogP contribution >= 0.6 is 0 Å². The monoisotopic (exact) mass is 238 g/mol. The second kappa shape index (κ2) is 4.61. The molecule has 1 aromatic carbocycles. The van der Waals surface area contributed by atoms with Crippen LogP contribution in [0.25, 0.3) is 0 Å². The lowest BCUT2D eigenvalue weighted by atomic mass is 9.98. The number of nitrogens with zero attached hydrogens (tertiary/aromatic N) is 1. The standard InChI is InChI=1S/C12H15FN2O2/c13-10-6-9(3-4-11(10)14)15-5-1-2-8(7-15)12(16)17/h3-4,6,8H,1-2,5,7,14H2,(H,16,17). The van der Waals surface area contributed by atoms with E-state index in [-0.39, 0.29) is 11.6 Å². The Hall–Kier alpha value is -1.78. The number of halogens is 1. The topological polar surface area (TPSA) is 66.6 Å². The molecule has 0 bridgehead atoms. The normalized spacial score (nSPS) is 20.3. The Morgan fingerprint density at radius 1 is 1.53 bits per heavy atom. The van der Waals surface area contributed by atoms with E-state index in [1.165, 1.54) is 12.1 Å². The lowest BCUT2D eigenvalue weighted by Gasteiger charge is -2.32. The molecule has 2 rings (SSSR count). The smallest absolute Gasteiger partial charge is 0.308 e. The summed E-state index contributed by atoms with van der Waals surface area (Å²) in [4.78, 5) is 12.8. The van der Waals surface area contributed by atoms with Gasteiger partial charge in [-0.15, -0.1) is 0 Å². The number of carbonyl (C=O) groups is 1. The highest BCUT2D eigenvalue weighted by Crippen LogP contribution is 2.25. The van der Waals surface area contributed by atoms with Crippen molar-refractivity contribution >= 4 is 17.3 Å².